The Morgan fingerprint density at radius 3 is 3.09 bits per heavy atom. The molecular weight excluding hydrogens is 144 g/mol. The van der Waals surface area contributed by atoms with Gasteiger partial charge in [0.1, 0.15) is 12.2 Å². The summed E-state index contributed by atoms with van der Waals surface area (Å²) in [4.78, 5) is 7.61. The average Bonchev–Trinajstić information content (AvgIpc) is 2.06. The van der Waals surface area contributed by atoms with Gasteiger partial charge in [0, 0.05) is 6.20 Å². The number of aromatic nitrogens is 2. The molecule has 58 valence electrons. The number of hydrogen-bond acceptors (Lipinski definition) is 4. The van der Waals surface area contributed by atoms with Crippen molar-refractivity contribution in [2.24, 2.45) is 10.9 Å². The third-order valence-corrected chi connectivity index (χ3v) is 1.13. The molecule has 0 radical (unpaired) electrons. The first-order chi connectivity index (χ1) is 5.33. The highest BCUT2D eigenvalue weighted by Gasteiger charge is 1.96. The molecule has 5 nitrogen and oxygen atoms in total. The lowest BCUT2D eigenvalue weighted by molar-refractivity contribution is 0.317. The highest BCUT2D eigenvalue weighted by Crippen LogP contribution is 1.91. The van der Waals surface area contributed by atoms with Crippen LogP contribution in [0, 0.1) is 0 Å². The largest absolute Gasteiger partial charge is 0.409 e. The SMILES string of the molecule is N/C(Cc1ccncn1)=N/O. The lowest BCUT2D eigenvalue weighted by Gasteiger charge is -1.95. The number of hydrogen-bond donors (Lipinski definition) is 2. The van der Waals surface area contributed by atoms with E-state index in [0.29, 0.717) is 6.42 Å². The topological polar surface area (TPSA) is 84.4 Å². The van der Waals surface area contributed by atoms with E-state index in [4.69, 9.17) is 10.9 Å². The van der Waals surface area contributed by atoms with E-state index in [9.17, 15) is 0 Å². The second-order valence-electron chi connectivity index (χ2n) is 1.97. The van der Waals surface area contributed by atoms with Gasteiger partial charge in [0.25, 0.3) is 0 Å². The first-order valence-electron chi connectivity index (χ1n) is 3.04. The number of nitrogens with two attached hydrogens (primary N) is 1. The molecule has 0 fully saturated rings. The molecule has 0 unspecified atom stereocenters. The fourth-order valence-corrected chi connectivity index (χ4v) is 0.644. The van der Waals surface area contributed by atoms with Crippen molar-refractivity contribution in [1.29, 1.82) is 0 Å². The Hall–Kier alpha value is -1.65. The number of nitrogens with zero attached hydrogens (tertiary/aromatic N) is 3. The molecule has 1 rings (SSSR count). The van der Waals surface area contributed by atoms with Gasteiger partial charge in [0.05, 0.1) is 12.1 Å². The van der Waals surface area contributed by atoms with Crippen molar-refractivity contribution in [2.75, 3.05) is 0 Å². The minimum absolute atomic E-state index is 0.142. The van der Waals surface area contributed by atoms with Crippen LogP contribution in [0.25, 0.3) is 0 Å². The van der Waals surface area contributed by atoms with Gasteiger partial charge in [-0.1, -0.05) is 5.16 Å². The molecule has 0 atom stereocenters. The second kappa shape index (κ2) is 3.50. The maximum Gasteiger partial charge on any atom is 0.145 e. The van der Waals surface area contributed by atoms with Gasteiger partial charge >= 0.3 is 0 Å². The Bertz CT molecular complexity index is 246. The first kappa shape index (κ1) is 7.46. The minimum atomic E-state index is 0.142. The summed E-state index contributed by atoms with van der Waals surface area (Å²) in [6.07, 6.45) is 3.37. The fourth-order valence-electron chi connectivity index (χ4n) is 0.644. The number of oxime groups is 1. The van der Waals surface area contributed by atoms with Gasteiger partial charge in [-0.2, -0.15) is 0 Å². The first-order valence-corrected chi connectivity index (χ1v) is 3.04. The van der Waals surface area contributed by atoms with Gasteiger partial charge in [-0.15, -0.1) is 0 Å². The van der Waals surface area contributed by atoms with Crippen molar-refractivity contribution >= 4 is 5.84 Å². The van der Waals surface area contributed by atoms with Gasteiger partial charge in [0.2, 0.25) is 0 Å². The standard InChI is InChI=1S/C6H8N4O/c7-6(10-11)3-5-1-2-8-4-9-5/h1-2,4,11H,3H2,(H2,7,10). The van der Waals surface area contributed by atoms with Crippen LogP contribution < -0.4 is 5.73 Å². The third kappa shape index (κ3) is 2.21. The van der Waals surface area contributed by atoms with E-state index in [1.807, 2.05) is 0 Å². The fraction of sp³-hybridized carbons (Fsp3) is 0.167. The molecule has 0 aliphatic carbocycles. The maximum absolute atomic E-state index is 8.22. The highest BCUT2D eigenvalue weighted by atomic mass is 16.4. The number of amidine groups is 1. The second-order valence-corrected chi connectivity index (χ2v) is 1.97. The van der Waals surface area contributed by atoms with Crippen LogP contribution in [-0.4, -0.2) is 21.0 Å². The lowest BCUT2D eigenvalue weighted by atomic mass is 10.3. The van der Waals surface area contributed by atoms with Gasteiger partial charge in [-0.25, -0.2) is 9.97 Å². The molecule has 3 N–H and O–H groups in total. The number of rotatable bonds is 2. The molecule has 11 heavy (non-hydrogen) atoms. The molecule has 0 aromatic carbocycles. The summed E-state index contributed by atoms with van der Waals surface area (Å²) in [5.41, 5.74) is 5.98. The van der Waals surface area contributed by atoms with Crippen LogP contribution in [0.15, 0.2) is 23.7 Å². The van der Waals surface area contributed by atoms with Crippen LogP contribution in [0.4, 0.5) is 0 Å². The molecular formula is C6H8N4O. The Kier molecular flexibility index (Phi) is 2.37. The zero-order valence-electron chi connectivity index (χ0n) is 5.81. The summed E-state index contributed by atoms with van der Waals surface area (Å²) < 4.78 is 0. The Labute approximate surface area is 63.6 Å². The molecule has 0 amide bonds. The average molecular weight is 152 g/mol. The van der Waals surface area contributed by atoms with E-state index in [-0.39, 0.29) is 5.84 Å². The summed E-state index contributed by atoms with van der Waals surface area (Å²) >= 11 is 0. The predicted molar refractivity (Wildman–Crippen MR) is 39.1 cm³/mol. The summed E-state index contributed by atoms with van der Waals surface area (Å²) in [7, 11) is 0. The zero-order valence-corrected chi connectivity index (χ0v) is 5.81. The van der Waals surface area contributed by atoms with E-state index < -0.39 is 0 Å². The summed E-state index contributed by atoms with van der Waals surface area (Å²) in [5, 5.41) is 11.0. The van der Waals surface area contributed by atoms with E-state index in [1.165, 1.54) is 6.33 Å². The minimum Gasteiger partial charge on any atom is -0.409 e. The summed E-state index contributed by atoms with van der Waals surface area (Å²) in [5.74, 6) is 0.142. The van der Waals surface area contributed by atoms with Gasteiger partial charge in [-0.05, 0) is 6.07 Å². The van der Waals surface area contributed by atoms with Crippen molar-refractivity contribution in [3.05, 3.63) is 24.3 Å². The quantitative estimate of drug-likeness (QED) is 0.265. The molecule has 1 heterocycles. The van der Waals surface area contributed by atoms with E-state index >= 15 is 0 Å². The van der Waals surface area contributed by atoms with Gasteiger partial charge < -0.3 is 10.9 Å². The monoisotopic (exact) mass is 152 g/mol. The summed E-state index contributed by atoms with van der Waals surface area (Å²) in [6.45, 7) is 0. The van der Waals surface area contributed by atoms with E-state index in [1.54, 1.807) is 12.3 Å². The molecule has 5 heteroatoms. The van der Waals surface area contributed by atoms with Crippen molar-refractivity contribution in [2.45, 2.75) is 6.42 Å². The van der Waals surface area contributed by atoms with Crippen LogP contribution in [0.2, 0.25) is 0 Å². The van der Waals surface area contributed by atoms with Crippen molar-refractivity contribution < 1.29 is 5.21 Å². The zero-order chi connectivity index (χ0) is 8.10. The Morgan fingerprint density at radius 1 is 1.73 bits per heavy atom. The molecule has 0 bridgehead atoms. The molecule has 0 aliphatic rings. The van der Waals surface area contributed by atoms with Crippen molar-refractivity contribution in [3.63, 3.8) is 0 Å². The predicted octanol–water partition coefficient (Wildman–Crippen LogP) is -0.235. The van der Waals surface area contributed by atoms with E-state index in [2.05, 4.69) is 15.1 Å². The molecule has 0 saturated heterocycles. The molecule has 0 saturated carbocycles. The van der Waals surface area contributed by atoms with Crippen molar-refractivity contribution in [1.82, 2.24) is 9.97 Å². The normalized spacial score (nSPS) is 11.5. The van der Waals surface area contributed by atoms with Gasteiger partial charge in [0.15, 0.2) is 0 Å². The third-order valence-electron chi connectivity index (χ3n) is 1.13. The molecule has 1 aromatic rings. The lowest BCUT2D eigenvalue weighted by Crippen LogP contribution is -2.15. The molecule has 1 aromatic heterocycles. The van der Waals surface area contributed by atoms with Crippen LogP contribution in [0.1, 0.15) is 5.69 Å². The van der Waals surface area contributed by atoms with Crippen LogP contribution in [0.3, 0.4) is 0 Å². The molecule has 0 aliphatic heterocycles. The Balaban J connectivity index is 2.65. The summed E-state index contributed by atoms with van der Waals surface area (Å²) in [6, 6.07) is 1.71. The van der Waals surface area contributed by atoms with Crippen LogP contribution in [0.5, 0.6) is 0 Å². The van der Waals surface area contributed by atoms with Gasteiger partial charge in [-0.3, -0.25) is 0 Å². The highest BCUT2D eigenvalue weighted by molar-refractivity contribution is 5.81. The van der Waals surface area contributed by atoms with Crippen LogP contribution in [-0.2, 0) is 6.42 Å². The van der Waals surface area contributed by atoms with E-state index in [0.717, 1.165) is 5.69 Å². The maximum atomic E-state index is 8.22. The van der Waals surface area contributed by atoms with Crippen LogP contribution >= 0.6 is 0 Å². The van der Waals surface area contributed by atoms with Crippen molar-refractivity contribution in [3.8, 4) is 0 Å². The Morgan fingerprint density at radius 2 is 2.55 bits per heavy atom. The molecule has 0 spiro atoms. The smallest absolute Gasteiger partial charge is 0.145 e.